The number of benzene rings is 16. The minimum Gasteiger partial charge on any atom is -0.458 e. The fraction of sp³-hybridized carbons (Fsp3) is 0. The summed E-state index contributed by atoms with van der Waals surface area (Å²) in [6.07, 6.45) is 0. The largest absolute Gasteiger partial charge is 0.458 e. The van der Waals surface area contributed by atoms with Crippen molar-refractivity contribution in [3.63, 3.8) is 0 Å². The third kappa shape index (κ3) is 8.33. The van der Waals surface area contributed by atoms with Crippen LogP contribution >= 0.6 is 11.6 Å². The average molecular weight is 1390 g/mol. The van der Waals surface area contributed by atoms with Gasteiger partial charge < -0.3 is 38.4 Å². The lowest BCUT2D eigenvalue weighted by atomic mass is 9.29. The Bertz CT molecular complexity index is 6770. The number of fused-ring (bicyclic) bond motifs is 18. The number of para-hydroxylation sites is 11. The third-order valence-corrected chi connectivity index (χ3v) is 23.8. The monoisotopic (exact) mass is 1390 g/mol. The summed E-state index contributed by atoms with van der Waals surface area (Å²) in [7, 11) is 0. The Labute approximate surface area is 629 Å². The summed E-state index contributed by atoms with van der Waals surface area (Å²) in [6, 6.07) is 132. The van der Waals surface area contributed by atoms with E-state index in [1.165, 1.54) is 81.9 Å². The molecule has 0 fully saturated rings. The molecule has 0 saturated heterocycles. The molecule has 0 radical (unpaired) electrons. The highest BCUT2D eigenvalue weighted by Gasteiger charge is 2.50. The van der Waals surface area contributed by atoms with E-state index in [0.717, 1.165) is 119 Å². The van der Waals surface area contributed by atoms with Gasteiger partial charge in [0.05, 0.1) is 22.4 Å². The smallest absolute Gasteiger partial charge is 0.256 e. The van der Waals surface area contributed by atoms with Crippen LogP contribution in [0.3, 0.4) is 0 Å². The van der Waals surface area contributed by atoms with Gasteiger partial charge in [-0.1, -0.05) is 224 Å². The highest BCUT2D eigenvalue weighted by atomic mass is 35.5. The number of halogens is 1. The van der Waals surface area contributed by atoms with Crippen molar-refractivity contribution in [1.29, 1.82) is 0 Å². The number of anilines is 15. The van der Waals surface area contributed by atoms with Crippen LogP contribution in [-0.4, -0.2) is 29.3 Å². The average Bonchev–Trinajstić information content (AvgIpc) is 1.20. The van der Waals surface area contributed by atoms with Gasteiger partial charge in [0.15, 0.2) is 0 Å². The molecule has 6 aliphatic heterocycles. The van der Waals surface area contributed by atoms with Gasteiger partial charge in [-0.05, 0) is 189 Å². The summed E-state index contributed by atoms with van der Waals surface area (Å²) in [4.78, 5) is 12.4. The van der Waals surface area contributed by atoms with Crippen LogP contribution in [-0.2, 0) is 0 Å². The van der Waals surface area contributed by atoms with Crippen molar-refractivity contribution in [2.24, 2.45) is 0 Å². The van der Waals surface area contributed by atoms with Crippen LogP contribution in [0.4, 0.5) is 85.3 Å². The molecule has 16 aromatic carbocycles. The summed E-state index contributed by atoms with van der Waals surface area (Å²) in [5, 5.41) is 5.50. The van der Waals surface area contributed by atoms with Crippen molar-refractivity contribution in [3.8, 4) is 22.9 Å². The maximum Gasteiger partial charge on any atom is 0.256 e. The molecule has 0 spiro atoms. The highest BCUT2D eigenvalue weighted by Crippen LogP contribution is 2.52. The number of hydrogen-bond acceptors (Lipinski definition) is 6. The van der Waals surface area contributed by atoms with Gasteiger partial charge in [-0.25, -0.2) is 0 Å². The van der Waals surface area contributed by atoms with Crippen molar-refractivity contribution >= 4 is 210 Å². The first-order valence-electron chi connectivity index (χ1n) is 37.2. The predicted molar refractivity (Wildman–Crippen MR) is 454 cm³/mol. The molecule has 8 heterocycles. The van der Waals surface area contributed by atoms with Gasteiger partial charge in [0.2, 0.25) is 0 Å². The van der Waals surface area contributed by atoms with E-state index in [1.54, 1.807) is 0 Å². The van der Waals surface area contributed by atoms with E-state index in [-0.39, 0.29) is 20.1 Å². The van der Waals surface area contributed by atoms with E-state index in [9.17, 15) is 0 Å². The molecule has 0 amide bonds. The van der Waals surface area contributed by atoms with Gasteiger partial charge in [-0.3, -0.25) is 0 Å². The number of ether oxygens (including phenoxy) is 1. The van der Waals surface area contributed by atoms with E-state index < -0.39 is 0 Å². The molecule has 0 saturated carbocycles. The van der Waals surface area contributed by atoms with Crippen LogP contribution in [0.5, 0.6) is 11.5 Å². The topological polar surface area (TPSA) is 35.3 Å². The van der Waals surface area contributed by atoms with E-state index in [1.807, 2.05) is 0 Å². The van der Waals surface area contributed by atoms with Gasteiger partial charge in [0.25, 0.3) is 20.1 Å². The molecule has 8 nitrogen and oxygen atoms in total. The zero-order chi connectivity index (χ0) is 70.6. The molecule has 24 rings (SSSR count). The minimum absolute atomic E-state index is 0.209. The Morgan fingerprint density at radius 3 is 1.01 bits per heavy atom. The molecule has 12 heteroatoms. The Balaban J connectivity index is 0.801. The van der Waals surface area contributed by atoms with Crippen LogP contribution in [0.2, 0.25) is 5.02 Å². The summed E-state index contributed by atoms with van der Waals surface area (Å²) < 4.78 is 12.9. The summed E-state index contributed by atoms with van der Waals surface area (Å²) in [6.45, 7) is -0.756. The lowest BCUT2D eigenvalue weighted by Gasteiger charge is -2.45. The zero-order valence-electron chi connectivity index (χ0n) is 58.2. The molecule has 0 atom stereocenters. The van der Waals surface area contributed by atoms with Crippen LogP contribution in [0.1, 0.15) is 0 Å². The van der Waals surface area contributed by atoms with Crippen molar-refractivity contribution in [1.82, 2.24) is 9.13 Å². The Hall–Kier alpha value is -13.6. The second kappa shape index (κ2) is 22.7. The third-order valence-electron chi connectivity index (χ3n) is 23.6. The molecule has 0 aliphatic carbocycles. The first kappa shape index (κ1) is 59.8. The van der Waals surface area contributed by atoms with Crippen LogP contribution < -0.4 is 78.4 Å². The van der Waals surface area contributed by atoms with Crippen molar-refractivity contribution in [3.05, 3.63) is 363 Å². The SMILES string of the molecule is Clc1cc2c3c(c1)N(c1ccccc1)c1cc4c(cc1B3c1cc3c(cc1O2)N(c1ccccc1)c1cc(N(c2ccccc2)c2ccccc2)cc2c1B3c1cccc3c5ccccc5n-2c13)B1c2c(cc(N(c3ccccc3)c3ccccc3)cc2-n2c3ccccc3c3cccc1c32)N4c1ccccc1. The molecule has 6 aliphatic rings. The van der Waals surface area contributed by atoms with Crippen LogP contribution in [0.15, 0.2) is 358 Å². The fourth-order valence-electron chi connectivity index (χ4n) is 19.5. The Kier molecular flexibility index (Phi) is 12.6. The zero-order valence-corrected chi connectivity index (χ0v) is 59.0. The van der Waals surface area contributed by atoms with E-state index >= 15 is 0 Å². The quantitative estimate of drug-likeness (QED) is 0.134. The maximum atomic E-state index is 7.72. The molecule has 0 unspecified atom stereocenters. The molecular formula is C96H59B3ClN7O. The highest BCUT2D eigenvalue weighted by molar-refractivity contribution is 7.04. The standard InChI is InChI=1S/C96H59B3ClN7O/c100-60-50-85-94-91(51-60)108-90-59-84-78(98-75-47-27-45-73-71-43-23-25-49-81(71)107(96(73)75)89-55-69(53-87(93(89)98)105(84)67-40-20-7-21-41-67)102(63-32-12-3-13-33-63)64-34-14-4-15-35-64)57-79(90)99(94)77-56-76-82(58-83(77)103(85)65-36-16-5-17-37-65)104(66-38-18-6-19-39-66)86-52-68(101(61-28-8-1-9-29-61)62-30-10-2-11-31-62)54-88-92(86)97(76)74-46-26-44-72-70-42-22-24-48-80(70)106(88)95(72)74/h1-59H. The summed E-state index contributed by atoms with van der Waals surface area (Å²) >= 11 is 7.65. The summed E-state index contributed by atoms with van der Waals surface area (Å²) in [5.41, 5.74) is 33.8. The van der Waals surface area contributed by atoms with Crippen molar-refractivity contribution < 1.29 is 4.74 Å². The van der Waals surface area contributed by atoms with E-state index in [0.29, 0.717) is 5.02 Å². The van der Waals surface area contributed by atoms with Gasteiger partial charge in [-0.15, -0.1) is 0 Å². The first-order chi connectivity index (χ1) is 53.5. The molecule has 0 N–H and O–H groups in total. The van der Waals surface area contributed by atoms with Gasteiger partial charge in [0, 0.05) is 129 Å². The second-order valence-corrected chi connectivity index (χ2v) is 29.6. The molecule has 18 aromatic rings. The Morgan fingerprint density at radius 1 is 0.241 bits per heavy atom. The summed E-state index contributed by atoms with van der Waals surface area (Å²) in [5.74, 6) is 1.52. The maximum absolute atomic E-state index is 7.72. The molecular weight excluding hydrogens is 1330 g/mol. The molecule has 2 aromatic heterocycles. The number of hydrogen-bond donors (Lipinski definition) is 0. The van der Waals surface area contributed by atoms with Gasteiger partial charge in [-0.2, -0.15) is 0 Å². The second-order valence-electron chi connectivity index (χ2n) is 29.2. The molecule has 500 valence electrons. The number of aromatic nitrogens is 2. The molecule has 0 bridgehead atoms. The van der Waals surface area contributed by atoms with Gasteiger partial charge in [0.1, 0.15) is 11.5 Å². The van der Waals surface area contributed by atoms with Crippen LogP contribution in [0.25, 0.3) is 55.0 Å². The number of rotatable bonds is 9. The normalized spacial score (nSPS) is 13.4. The first-order valence-corrected chi connectivity index (χ1v) is 37.6. The van der Waals surface area contributed by atoms with E-state index in [2.05, 4.69) is 392 Å². The van der Waals surface area contributed by atoms with Gasteiger partial charge >= 0.3 is 0 Å². The molecule has 108 heavy (non-hydrogen) atoms. The lowest BCUT2D eigenvalue weighted by Crippen LogP contribution is -2.65. The minimum atomic E-state index is -0.337. The van der Waals surface area contributed by atoms with E-state index in [4.69, 9.17) is 16.3 Å². The predicted octanol–water partition coefficient (Wildman–Crippen LogP) is 19.1. The number of nitrogens with zero attached hydrogens (tertiary/aromatic N) is 7. The van der Waals surface area contributed by atoms with Crippen molar-refractivity contribution in [2.75, 3.05) is 24.5 Å². The Morgan fingerprint density at radius 2 is 0.583 bits per heavy atom. The van der Waals surface area contributed by atoms with Crippen LogP contribution in [0, 0.1) is 0 Å². The fourth-order valence-corrected chi connectivity index (χ4v) is 19.7. The lowest BCUT2D eigenvalue weighted by molar-refractivity contribution is 0.488. The van der Waals surface area contributed by atoms with Crippen molar-refractivity contribution in [2.45, 2.75) is 0 Å².